The van der Waals surface area contributed by atoms with E-state index in [-0.39, 0.29) is 11.3 Å². The Morgan fingerprint density at radius 3 is 2.79 bits per heavy atom. The Hall–Kier alpha value is -0.820. The van der Waals surface area contributed by atoms with Crippen molar-refractivity contribution in [3.63, 3.8) is 0 Å². The Morgan fingerprint density at radius 2 is 2.14 bits per heavy atom. The van der Waals surface area contributed by atoms with Crippen LogP contribution in [0.15, 0.2) is 18.2 Å². The van der Waals surface area contributed by atoms with Crippen LogP contribution in [0.2, 0.25) is 0 Å². The first-order chi connectivity index (χ1) is 6.61. The number of phenols is 1. The molecule has 0 saturated carbocycles. The Balaban J connectivity index is 2.93. The van der Waals surface area contributed by atoms with E-state index < -0.39 is 5.97 Å². The maximum atomic E-state index is 10.9. The summed E-state index contributed by atoms with van der Waals surface area (Å²) < 4.78 is 1.48. The summed E-state index contributed by atoms with van der Waals surface area (Å²) >= 11 is 3.34. The molecule has 5 heteroatoms. The lowest BCUT2D eigenvalue weighted by Crippen LogP contribution is -1.96. The van der Waals surface area contributed by atoms with Crippen LogP contribution in [0.3, 0.4) is 0 Å². The quantitative estimate of drug-likeness (QED) is 0.795. The number of thiophene rings is 1. The number of fused-ring (bicyclic) bond motifs is 1. The predicted octanol–water partition coefficient (Wildman–Crippen LogP) is 2.91. The normalized spacial score (nSPS) is 10.6. The van der Waals surface area contributed by atoms with Gasteiger partial charge < -0.3 is 10.2 Å². The molecule has 0 bridgehead atoms. The van der Waals surface area contributed by atoms with E-state index in [0.717, 1.165) is 4.70 Å². The number of halogens is 1. The molecule has 1 heterocycles. The highest BCUT2D eigenvalue weighted by Crippen LogP contribution is 2.37. The van der Waals surface area contributed by atoms with Gasteiger partial charge in [-0.2, -0.15) is 0 Å². The highest BCUT2D eigenvalue weighted by molar-refractivity contribution is 14.1. The van der Waals surface area contributed by atoms with E-state index >= 15 is 0 Å². The van der Waals surface area contributed by atoms with Crippen molar-refractivity contribution in [1.82, 2.24) is 0 Å². The summed E-state index contributed by atoms with van der Waals surface area (Å²) in [5, 5.41) is 19.0. The molecule has 0 saturated heterocycles. The number of aromatic hydroxyl groups is 1. The van der Waals surface area contributed by atoms with E-state index in [9.17, 15) is 9.90 Å². The Kier molecular flexibility index (Phi) is 2.36. The Morgan fingerprint density at radius 1 is 1.43 bits per heavy atom. The van der Waals surface area contributed by atoms with Crippen LogP contribution < -0.4 is 0 Å². The molecule has 0 fully saturated rings. The van der Waals surface area contributed by atoms with Crippen LogP contribution in [0.5, 0.6) is 5.75 Å². The molecule has 0 aliphatic heterocycles. The highest BCUT2D eigenvalue weighted by atomic mass is 127. The number of hydrogen-bond acceptors (Lipinski definition) is 3. The summed E-state index contributed by atoms with van der Waals surface area (Å²) in [4.78, 5) is 10.9. The van der Waals surface area contributed by atoms with Gasteiger partial charge in [0.25, 0.3) is 0 Å². The lowest BCUT2D eigenvalue weighted by atomic mass is 10.1. The third-order valence-corrected chi connectivity index (χ3v) is 4.01. The number of carboxylic acids is 1. The van der Waals surface area contributed by atoms with Crippen molar-refractivity contribution < 1.29 is 15.0 Å². The molecule has 2 rings (SSSR count). The van der Waals surface area contributed by atoms with Gasteiger partial charge in [-0.1, -0.05) is 6.07 Å². The van der Waals surface area contributed by atoms with Crippen molar-refractivity contribution in [3.8, 4) is 5.75 Å². The molecule has 3 nitrogen and oxygen atoms in total. The third-order valence-electron chi connectivity index (χ3n) is 1.86. The fourth-order valence-corrected chi connectivity index (χ4v) is 3.44. The van der Waals surface area contributed by atoms with E-state index in [1.54, 1.807) is 12.1 Å². The fourth-order valence-electron chi connectivity index (χ4n) is 1.29. The fraction of sp³-hybridized carbons (Fsp3) is 0. The smallest absolute Gasteiger partial charge is 0.338 e. The topological polar surface area (TPSA) is 57.5 Å². The number of carboxylic acid groups (broad SMARTS) is 1. The monoisotopic (exact) mass is 320 g/mol. The molecule has 0 atom stereocenters. The molecule has 0 radical (unpaired) electrons. The van der Waals surface area contributed by atoms with Gasteiger partial charge in [0.05, 0.1) is 8.45 Å². The number of aromatic carboxylic acids is 1. The Bertz CT molecular complexity index is 518. The first-order valence-electron chi connectivity index (χ1n) is 3.74. The van der Waals surface area contributed by atoms with Crippen LogP contribution in [-0.2, 0) is 0 Å². The largest absolute Gasteiger partial charge is 0.507 e. The number of carbonyl (C=O) groups is 1. The molecule has 0 amide bonds. The van der Waals surface area contributed by atoms with Crippen molar-refractivity contribution in [3.05, 3.63) is 26.6 Å². The summed E-state index contributed by atoms with van der Waals surface area (Å²) in [6.07, 6.45) is 0. The van der Waals surface area contributed by atoms with Crippen molar-refractivity contribution in [2.24, 2.45) is 0 Å². The lowest BCUT2D eigenvalue weighted by Gasteiger charge is -1.96. The number of hydrogen-bond donors (Lipinski definition) is 2. The van der Waals surface area contributed by atoms with Gasteiger partial charge in [0.2, 0.25) is 0 Å². The maximum absolute atomic E-state index is 10.9. The zero-order chi connectivity index (χ0) is 10.3. The molecule has 1 aromatic heterocycles. The van der Waals surface area contributed by atoms with Crippen LogP contribution >= 0.6 is 33.9 Å². The van der Waals surface area contributed by atoms with E-state index in [1.165, 1.54) is 17.4 Å². The predicted molar refractivity (Wildman–Crippen MR) is 63.2 cm³/mol. The van der Waals surface area contributed by atoms with Crippen molar-refractivity contribution >= 4 is 50.0 Å². The molecule has 2 aromatic rings. The maximum Gasteiger partial charge on any atom is 0.338 e. The molecular formula is C9H5IO3S. The van der Waals surface area contributed by atoms with Crippen LogP contribution in [0.4, 0.5) is 0 Å². The minimum Gasteiger partial charge on any atom is -0.507 e. The van der Waals surface area contributed by atoms with E-state index in [1.807, 2.05) is 22.6 Å². The first kappa shape index (κ1) is 9.72. The average Bonchev–Trinajstić information content (AvgIpc) is 2.42. The molecule has 72 valence electrons. The molecule has 0 aliphatic carbocycles. The van der Waals surface area contributed by atoms with Gasteiger partial charge in [-0.15, -0.1) is 11.3 Å². The van der Waals surface area contributed by atoms with Crippen LogP contribution in [0.25, 0.3) is 10.1 Å². The third kappa shape index (κ3) is 1.36. The molecule has 1 aromatic carbocycles. The van der Waals surface area contributed by atoms with E-state index in [2.05, 4.69) is 0 Å². The van der Waals surface area contributed by atoms with Gasteiger partial charge >= 0.3 is 5.97 Å². The molecule has 0 spiro atoms. The van der Waals surface area contributed by atoms with Crippen LogP contribution in [0.1, 0.15) is 10.4 Å². The van der Waals surface area contributed by atoms with Crippen molar-refractivity contribution in [2.45, 2.75) is 0 Å². The first-order valence-corrected chi connectivity index (χ1v) is 5.64. The molecule has 0 aliphatic rings. The zero-order valence-electron chi connectivity index (χ0n) is 6.82. The minimum atomic E-state index is -0.998. The van der Waals surface area contributed by atoms with Gasteiger partial charge in [0, 0.05) is 10.1 Å². The van der Waals surface area contributed by atoms with Gasteiger partial charge in [-0.05, 0) is 34.7 Å². The molecule has 14 heavy (non-hydrogen) atoms. The number of benzene rings is 1. The van der Waals surface area contributed by atoms with Gasteiger partial charge in [-0.25, -0.2) is 4.79 Å². The van der Waals surface area contributed by atoms with Crippen LogP contribution in [0, 0.1) is 2.88 Å². The summed E-state index contributed by atoms with van der Waals surface area (Å²) in [5.74, 6) is -0.971. The Labute approximate surface area is 97.1 Å². The zero-order valence-corrected chi connectivity index (χ0v) is 9.79. The summed E-state index contributed by atoms with van der Waals surface area (Å²) in [7, 11) is 0. The standard InChI is InChI=1S/C9H5IO3S/c10-8-7(9(12)13)6-4(11)2-1-3-5(6)14-8/h1-3,11H,(H,12,13). The summed E-state index contributed by atoms with van der Waals surface area (Å²) in [5.41, 5.74) is 0.198. The van der Waals surface area contributed by atoms with E-state index in [4.69, 9.17) is 5.11 Å². The van der Waals surface area contributed by atoms with Crippen molar-refractivity contribution in [2.75, 3.05) is 0 Å². The van der Waals surface area contributed by atoms with Crippen LogP contribution in [-0.4, -0.2) is 16.2 Å². The molecular weight excluding hydrogens is 315 g/mol. The lowest BCUT2D eigenvalue weighted by molar-refractivity contribution is 0.0698. The number of phenolic OH excluding ortho intramolecular Hbond substituents is 1. The number of rotatable bonds is 1. The second-order valence-electron chi connectivity index (χ2n) is 2.71. The second kappa shape index (κ2) is 3.39. The van der Waals surface area contributed by atoms with Gasteiger partial charge in [-0.3, -0.25) is 0 Å². The molecule has 0 unspecified atom stereocenters. The SMILES string of the molecule is O=C(O)c1c(I)sc2cccc(O)c12. The van der Waals surface area contributed by atoms with Gasteiger partial charge in [0.1, 0.15) is 5.75 Å². The van der Waals surface area contributed by atoms with Crippen molar-refractivity contribution in [1.29, 1.82) is 0 Å². The highest BCUT2D eigenvalue weighted by Gasteiger charge is 2.18. The van der Waals surface area contributed by atoms with Gasteiger partial charge in [0.15, 0.2) is 0 Å². The average molecular weight is 320 g/mol. The summed E-state index contributed by atoms with van der Waals surface area (Å²) in [6.45, 7) is 0. The summed E-state index contributed by atoms with van der Waals surface area (Å²) in [6, 6.07) is 5.00. The second-order valence-corrected chi connectivity index (χ2v) is 5.57. The minimum absolute atomic E-state index is 0.0269. The van der Waals surface area contributed by atoms with E-state index in [0.29, 0.717) is 8.27 Å². The molecule has 2 N–H and O–H groups in total.